The molecule has 0 saturated carbocycles. The highest BCUT2D eigenvalue weighted by molar-refractivity contribution is 7.91. The van der Waals surface area contributed by atoms with Gasteiger partial charge < -0.3 is 44.4 Å². The predicted octanol–water partition coefficient (Wildman–Crippen LogP) is 5.58. The first kappa shape index (κ1) is 41.3. The van der Waals surface area contributed by atoms with Crippen molar-refractivity contribution in [3.8, 4) is 33.6 Å². The lowest BCUT2D eigenvalue weighted by molar-refractivity contribution is -0.136. The van der Waals surface area contributed by atoms with Crippen LogP contribution in [0.1, 0.15) is 70.7 Å². The second kappa shape index (κ2) is 17.8. The maximum absolute atomic E-state index is 13.8. The summed E-state index contributed by atoms with van der Waals surface area (Å²) in [6.07, 6.45) is 5.94. The molecule has 304 valence electrons. The van der Waals surface area contributed by atoms with Gasteiger partial charge in [0, 0.05) is 13.0 Å². The van der Waals surface area contributed by atoms with E-state index in [4.69, 9.17) is 9.47 Å². The molecule has 16 heteroatoms. The van der Waals surface area contributed by atoms with Crippen molar-refractivity contribution in [2.45, 2.75) is 76.4 Å². The van der Waals surface area contributed by atoms with Gasteiger partial charge in [0.25, 0.3) is 0 Å². The summed E-state index contributed by atoms with van der Waals surface area (Å²) in [7, 11) is 2.54. The summed E-state index contributed by atoms with van der Waals surface area (Å²) >= 11 is -1.16. The number of nitrogens with one attached hydrogen (secondary N) is 4. The lowest BCUT2D eigenvalue weighted by Crippen LogP contribution is -2.51. The number of aromatic nitrogens is 4. The lowest BCUT2D eigenvalue weighted by atomic mass is 10.0. The van der Waals surface area contributed by atoms with Crippen molar-refractivity contribution in [3.63, 3.8) is 0 Å². The molecule has 0 spiro atoms. The molecule has 4 heterocycles. The van der Waals surface area contributed by atoms with Crippen LogP contribution in [0.3, 0.4) is 0 Å². The van der Waals surface area contributed by atoms with Gasteiger partial charge in [-0.05, 0) is 46.9 Å². The number of nitrogens with zero attached hydrogens (tertiary/aromatic N) is 4. The van der Waals surface area contributed by atoms with Crippen molar-refractivity contribution in [2.75, 3.05) is 33.6 Å². The number of imidazole rings is 2. The molecular weight excluding hydrogens is 749 g/mol. The van der Waals surface area contributed by atoms with Gasteiger partial charge in [-0.3, -0.25) is 9.59 Å². The van der Waals surface area contributed by atoms with Crippen molar-refractivity contribution in [2.24, 2.45) is 11.8 Å². The Morgan fingerprint density at radius 3 is 1.61 bits per heavy atom. The van der Waals surface area contributed by atoms with Crippen LogP contribution in [0, 0.1) is 11.8 Å². The third-order valence-electron chi connectivity index (χ3n) is 10.9. The molecule has 4 N–H and O–H groups in total. The zero-order valence-corrected chi connectivity index (χ0v) is 34.2. The van der Waals surface area contributed by atoms with Crippen LogP contribution in [0.15, 0.2) is 60.9 Å². The number of benzene rings is 2. The average Bonchev–Trinajstić information content (AvgIpc) is 4.04. The van der Waals surface area contributed by atoms with E-state index in [-0.39, 0.29) is 34.9 Å². The lowest BCUT2D eigenvalue weighted by Gasteiger charge is -2.30. The molecule has 2 aromatic heterocycles. The minimum atomic E-state index is -1.16. The molecule has 2 aliphatic rings. The van der Waals surface area contributed by atoms with E-state index in [2.05, 4.69) is 42.7 Å². The normalized spacial score (nSPS) is 19.7. The van der Waals surface area contributed by atoms with E-state index in [1.807, 2.05) is 64.1 Å². The number of amides is 4. The van der Waals surface area contributed by atoms with Crippen LogP contribution in [0.2, 0.25) is 0 Å². The molecule has 57 heavy (non-hydrogen) atoms. The third-order valence-corrected chi connectivity index (χ3v) is 12.2. The molecule has 0 aliphatic carbocycles. The number of H-pyrrole nitrogens is 2. The van der Waals surface area contributed by atoms with Gasteiger partial charge in [0.15, 0.2) is 0 Å². The standard InChI is InChI=1S/C41H52N8O7S/c1-23(2)34(46-40(52)55-5)38(50)48-18-8-9-32(48)36-42-20-30(44-36)27-14-10-25(11-15-27)26-12-16-28(17-13-26)31-21-43-37(45-31)33-19-29(57(7)54)22-49(33)39(51)35(24(3)4)47-41(53)56-6/h10-17,20-21,23-24,29,32-35H,8-9,18-19,22H2,1-7H3,(H,42,44)(H,43,45)(H,46,52)(H,47,53)/t29-,32-,33-,34-,35-,57?/m0/s1. The van der Waals surface area contributed by atoms with Crippen LogP contribution < -0.4 is 10.6 Å². The number of likely N-dealkylation sites (tertiary alicyclic amines) is 2. The van der Waals surface area contributed by atoms with Crippen LogP contribution >= 0.6 is 0 Å². The fourth-order valence-electron chi connectivity index (χ4n) is 7.60. The molecular formula is C41H52N8O7S. The number of ether oxygens (including phenoxy) is 2. The van der Waals surface area contributed by atoms with Gasteiger partial charge in [-0.2, -0.15) is 0 Å². The monoisotopic (exact) mass is 800 g/mol. The molecule has 2 saturated heterocycles. The Hall–Kier alpha value is -5.35. The van der Waals surface area contributed by atoms with Crippen LogP contribution in [-0.2, 0) is 30.2 Å². The van der Waals surface area contributed by atoms with E-state index in [0.29, 0.717) is 31.2 Å². The predicted molar refractivity (Wildman–Crippen MR) is 216 cm³/mol. The van der Waals surface area contributed by atoms with Crippen LogP contribution in [0.25, 0.3) is 33.6 Å². The van der Waals surface area contributed by atoms with E-state index >= 15 is 0 Å². The fraction of sp³-hybridized carbons (Fsp3) is 0.463. The second-order valence-corrected chi connectivity index (χ2v) is 17.0. The van der Waals surface area contributed by atoms with E-state index in [9.17, 15) is 23.7 Å². The average molecular weight is 801 g/mol. The van der Waals surface area contributed by atoms with Gasteiger partial charge in [-0.15, -0.1) is 0 Å². The van der Waals surface area contributed by atoms with Crippen LogP contribution in [-0.4, -0.2) is 109 Å². The molecule has 2 aromatic carbocycles. The van der Waals surface area contributed by atoms with Gasteiger partial charge in [-0.25, -0.2) is 19.6 Å². The molecule has 1 unspecified atom stereocenters. The Labute approximate surface area is 335 Å². The second-order valence-electron chi connectivity index (χ2n) is 15.3. The number of methoxy groups -OCH3 is 2. The highest BCUT2D eigenvalue weighted by Crippen LogP contribution is 2.37. The minimum absolute atomic E-state index is 0.115. The summed E-state index contributed by atoms with van der Waals surface area (Å²) in [5.74, 6) is 0.570. The van der Waals surface area contributed by atoms with Crippen LogP contribution in [0.4, 0.5) is 9.59 Å². The van der Waals surface area contributed by atoms with Crippen molar-refractivity contribution in [1.82, 2.24) is 40.4 Å². The van der Waals surface area contributed by atoms with Gasteiger partial charge in [-0.1, -0.05) is 87.4 Å². The Kier molecular flexibility index (Phi) is 12.9. The Bertz CT molecular complexity index is 2030. The van der Waals surface area contributed by atoms with Crippen molar-refractivity contribution < 1.29 is 33.2 Å². The number of carbonyl (C=O) groups is 4. The molecule has 4 amide bonds. The molecule has 15 nitrogen and oxygen atoms in total. The maximum atomic E-state index is 13.8. The number of alkyl carbamates (subject to hydrolysis) is 2. The number of hydrogen-bond acceptors (Lipinski definition) is 9. The smallest absolute Gasteiger partial charge is 0.407 e. The third kappa shape index (κ3) is 9.12. The van der Waals surface area contributed by atoms with Crippen LogP contribution in [0.5, 0.6) is 0 Å². The highest BCUT2D eigenvalue weighted by atomic mass is 32.2. The Morgan fingerprint density at radius 1 is 0.737 bits per heavy atom. The topological polar surface area (TPSA) is 198 Å². The number of rotatable bonds is 12. The SMILES string of the molecule is COC(=O)N[C@H](C(=O)N1CCC[C@H]1c1ncc(-c2ccc(-c3ccc(-c4cnc([C@@H]5C[C@H]([S+](C)[O-])CN5C(=O)[C@@H](NC(=O)OC)C(C)C)[nH]4)cc3)cc2)[nH]1)C(C)C. The number of carbonyl (C=O) groups excluding carboxylic acids is 4. The van der Waals surface area contributed by atoms with Gasteiger partial charge >= 0.3 is 12.2 Å². The molecule has 2 aliphatic heterocycles. The van der Waals surface area contributed by atoms with E-state index in [1.165, 1.54) is 14.2 Å². The minimum Gasteiger partial charge on any atom is -0.616 e. The molecule has 4 aromatic rings. The zero-order valence-electron chi connectivity index (χ0n) is 33.4. The van der Waals surface area contributed by atoms with Gasteiger partial charge in [0.05, 0.1) is 62.9 Å². The quantitative estimate of drug-likeness (QED) is 0.132. The molecule has 6 atom stereocenters. The first-order chi connectivity index (χ1) is 27.3. The first-order valence-corrected chi connectivity index (χ1v) is 20.8. The summed E-state index contributed by atoms with van der Waals surface area (Å²) < 4.78 is 22.1. The van der Waals surface area contributed by atoms with Crippen molar-refractivity contribution in [1.29, 1.82) is 0 Å². The zero-order chi connectivity index (χ0) is 41.0. The molecule has 0 bridgehead atoms. The van der Waals surface area contributed by atoms with E-state index in [1.54, 1.807) is 28.4 Å². The van der Waals surface area contributed by atoms with E-state index < -0.39 is 41.5 Å². The Morgan fingerprint density at radius 2 is 1.18 bits per heavy atom. The summed E-state index contributed by atoms with van der Waals surface area (Å²) in [5, 5.41) is 5.12. The summed E-state index contributed by atoms with van der Waals surface area (Å²) in [4.78, 5) is 71.0. The number of hydrogen-bond donors (Lipinski definition) is 4. The Balaban J connectivity index is 1.13. The highest BCUT2D eigenvalue weighted by Gasteiger charge is 2.45. The largest absolute Gasteiger partial charge is 0.616 e. The number of aromatic amines is 2. The van der Waals surface area contributed by atoms with Crippen molar-refractivity contribution in [3.05, 3.63) is 72.6 Å². The maximum Gasteiger partial charge on any atom is 0.407 e. The molecule has 2 fully saturated rings. The van der Waals surface area contributed by atoms with E-state index in [0.717, 1.165) is 46.5 Å². The summed E-state index contributed by atoms with van der Waals surface area (Å²) in [6, 6.07) is 14.1. The summed E-state index contributed by atoms with van der Waals surface area (Å²) in [6.45, 7) is 8.37. The van der Waals surface area contributed by atoms with Gasteiger partial charge in [0.2, 0.25) is 11.8 Å². The molecule has 0 radical (unpaired) electrons. The van der Waals surface area contributed by atoms with Crippen molar-refractivity contribution >= 4 is 35.2 Å². The fourth-order valence-corrected chi connectivity index (χ4v) is 8.43. The summed E-state index contributed by atoms with van der Waals surface area (Å²) in [5.41, 5.74) is 5.54. The molecule has 6 rings (SSSR count). The first-order valence-electron chi connectivity index (χ1n) is 19.2. The van der Waals surface area contributed by atoms with Gasteiger partial charge in [0.1, 0.15) is 29.0 Å².